The van der Waals surface area contributed by atoms with Crippen LogP contribution in [-0.2, 0) is 6.54 Å². The summed E-state index contributed by atoms with van der Waals surface area (Å²) in [5.74, 6) is 0.917. The van der Waals surface area contributed by atoms with E-state index in [0.717, 1.165) is 38.7 Å². The molecule has 136 valence electrons. The van der Waals surface area contributed by atoms with Gasteiger partial charge in [0, 0.05) is 13.1 Å². The molecule has 0 amide bonds. The summed E-state index contributed by atoms with van der Waals surface area (Å²) >= 11 is 0. The van der Waals surface area contributed by atoms with Gasteiger partial charge in [-0.2, -0.15) is 0 Å². The van der Waals surface area contributed by atoms with Crippen LogP contribution in [0.4, 0.5) is 0 Å². The van der Waals surface area contributed by atoms with Gasteiger partial charge in [-0.3, -0.25) is 0 Å². The predicted octanol–water partition coefficient (Wildman–Crippen LogP) is 3.48. The lowest BCUT2D eigenvalue weighted by Gasteiger charge is -2.18. The third-order valence-corrected chi connectivity index (χ3v) is 4.34. The number of hydrogen-bond donors (Lipinski definition) is 2. The van der Waals surface area contributed by atoms with Gasteiger partial charge >= 0.3 is 0 Å². The Morgan fingerprint density at radius 1 is 1.04 bits per heavy atom. The van der Waals surface area contributed by atoms with Crippen molar-refractivity contribution in [2.75, 3.05) is 32.7 Å². The predicted molar refractivity (Wildman–Crippen MR) is 106 cm³/mol. The standard InChI is InChI=1S/C20H36N4/c1-6-21-20(22-13-9-10-14-24(7-2)8-3)23-16-19-12-11-17(4)15-18(19)5/h11-12,15H,6-10,13-14,16H2,1-5H3,(H2,21,22,23). The summed E-state index contributed by atoms with van der Waals surface area (Å²) in [7, 11) is 0. The largest absolute Gasteiger partial charge is 0.357 e. The number of benzene rings is 1. The van der Waals surface area contributed by atoms with Crippen molar-refractivity contribution in [2.24, 2.45) is 4.99 Å². The fourth-order valence-corrected chi connectivity index (χ4v) is 2.74. The molecule has 4 nitrogen and oxygen atoms in total. The van der Waals surface area contributed by atoms with Gasteiger partial charge in [0.2, 0.25) is 0 Å². The molecule has 2 N–H and O–H groups in total. The summed E-state index contributed by atoms with van der Waals surface area (Å²) < 4.78 is 0. The van der Waals surface area contributed by atoms with E-state index < -0.39 is 0 Å². The van der Waals surface area contributed by atoms with Gasteiger partial charge in [0.05, 0.1) is 6.54 Å². The number of aliphatic imine (C=N–C) groups is 1. The highest BCUT2D eigenvalue weighted by Gasteiger charge is 2.01. The molecule has 0 aromatic heterocycles. The van der Waals surface area contributed by atoms with Gasteiger partial charge in [-0.15, -0.1) is 0 Å². The van der Waals surface area contributed by atoms with Crippen molar-refractivity contribution in [1.82, 2.24) is 15.5 Å². The van der Waals surface area contributed by atoms with Crippen LogP contribution < -0.4 is 10.6 Å². The van der Waals surface area contributed by atoms with Crippen molar-refractivity contribution >= 4 is 5.96 Å². The number of rotatable bonds is 10. The number of unbranched alkanes of at least 4 members (excludes halogenated alkanes) is 1. The van der Waals surface area contributed by atoms with Crippen LogP contribution in [0.5, 0.6) is 0 Å². The maximum Gasteiger partial charge on any atom is 0.191 e. The summed E-state index contributed by atoms with van der Waals surface area (Å²) in [6, 6.07) is 6.56. The van der Waals surface area contributed by atoms with Crippen molar-refractivity contribution < 1.29 is 0 Å². The molecule has 1 rings (SSSR count). The second-order valence-corrected chi connectivity index (χ2v) is 6.29. The zero-order chi connectivity index (χ0) is 17.8. The van der Waals surface area contributed by atoms with Gasteiger partial charge in [0.25, 0.3) is 0 Å². The van der Waals surface area contributed by atoms with E-state index in [1.165, 1.54) is 36.1 Å². The van der Waals surface area contributed by atoms with Gasteiger partial charge in [0.15, 0.2) is 5.96 Å². The Kier molecular flexibility index (Phi) is 10.2. The summed E-state index contributed by atoms with van der Waals surface area (Å²) in [5.41, 5.74) is 3.91. The summed E-state index contributed by atoms with van der Waals surface area (Å²) in [4.78, 5) is 7.20. The smallest absolute Gasteiger partial charge is 0.191 e. The van der Waals surface area contributed by atoms with E-state index in [2.05, 4.69) is 68.4 Å². The molecule has 0 radical (unpaired) electrons. The molecule has 0 bridgehead atoms. The number of nitrogens with one attached hydrogen (secondary N) is 2. The number of aryl methyl sites for hydroxylation is 2. The van der Waals surface area contributed by atoms with E-state index in [0.29, 0.717) is 0 Å². The molecule has 0 unspecified atom stereocenters. The Morgan fingerprint density at radius 2 is 1.79 bits per heavy atom. The maximum absolute atomic E-state index is 4.72. The number of hydrogen-bond acceptors (Lipinski definition) is 2. The molecule has 0 atom stereocenters. The van der Waals surface area contributed by atoms with E-state index in [1.807, 2.05) is 0 Å². The number of guanidine groups is 1. The summed E-state index contributed by atoms with van der Waals surface area (Å²) in [6.07, 6.45) is 2.40. The molecule has 0 aliphatic carbocycles. The topological polar surface area (TPSA) is 39.7 Å². The third-order valence-electron chi connectivity index (χ3n) is 4.34. The van der Waals surface area contributed by atoms with Crippen LogP contribution in [0.3, 0.4) is 0 Å². The van der Waals surface area contributed by atoms with Crippen molar-refractivity contribution in [3.63, 3.8) is 0 Å². The van der Waals surface area contributed by atoms with Crippen LogP contribution in [0, 0.1) is 13.8 Å². The average Bonchev–Trinajstić information content (AvgIpc) is 2.57. The first-order valence-corrected chi connectivity index (χ1v) is 9.41. The molecular formula is C20H36N4. The first-order chi connectivity index (χ1) is 11.6. The van der Waals surface area contributed by atoms with E-state index in [9.17, 15) is 0 Å². The number of nitrogens with zero attached hydrogens (tertiary/aromatic N) is 2. The summed E-state index contributed by atoms with van der Waals surface area (Å²) in [5, 5.41) is 6.79. The fraction of sp³-hybridized carbons (Fsp3) is 0.650. The van der Waals surface area contributed by atoms with Gasteiger partial charge in [0.1, 0.15) is 0 Å². The molecule has 0 aliphatic heterocycles. The lowest BCUT2D eigenvalue weighted by atomic mass is 10.1. The monoisotopic (exact) mass is 332 g/mol. The zero-order valence-electron chi connectivity index (χ0n) is 16.3. The molecule has 0 heterocycles. The third kappa shape index (κ3) is 7.82. The van der Waals surface area contributed by atoms with Crippen LogP contribution in [0.1, 0.15) is 50.3 Å². The Labute approximate surface area is 148 Å². The second-order valence-electron chi connectivity index (χ2n) is 6.29. The van der Waals surface area contributed by atoms with E-state index in [1.54, 1.807) is 0 Å². The van der Waals surface area contributed by atoms with Crippen LogP contribution in [0.2, 0.25) is 0 Å². The molecular weight excluding hydrogens is 296 g/mol. The lowest BCUT2D eigenvalue weighted by molar-refractivity contribution is 0.297. The highest BCUT2D eigenvalue weighted by Crippen LogP contribution is 2.11. The minimum absolute atomic E-state index is 0.723. The minimum atomic E-state index is 0.723. The van der Waals surface area contributed by atoms with Crippen molar-refractivity contribution in [3.8, 4) is 0 Å². The molecule has 0 saturated carbocycles. The van der Waals surface area contributed by atoms with E-state index >= 15 is 0 Å². The normalized spacial score (nSPS) is 11.8. The van der Waals surface area contributed by atoms with Crippen LogP contribution in [-0.4, -0.2) is 43.6 Å². The molecule has 0 saturated heterocycles. The van der Waals surface area contributed by atoms with Gasteiger partial charge in [-0.05, 0) is 64.4 Å². The first kappa shape index (κ1) is 20.5. The lowest BCUT2D eigenvalue weighted by Crippen LogP contribution is -2.38. The Bertz CT molecular complexity index is 492. The molecule has 1 aromatic rings. The zero-order valence-corrected chi connectivity index (χ0v) is 16.3. The fourth-order valence-electron chi connectivity index (χ4n) is 2.74. The van der Waals surface area contributed by atoms with Crippen LogP contribution in [0.15, 0.2) is 23.2 Å². The molecule has 0 spiro atoms. The molecule has 0 fully saturated rings. The average molecular weight is 333 g/mol. The molecule has 24 heavy (non-hydrogen) atoms. The van der Waals surface area contributed by atoms with Crippen LogP contribution >= 0.6 is 0 Å². The van der Waals surface area contributed by atoms with Crippen molar-refractivity contribution in [3.05, 3.63) is 34.9 Å². The van der Waals surface area contributed by atoms with E-state index in [4.69, 9.17) is 4.99 Å². The minimum Gasteiger partial charge on any atom is -0.357 e. The van der Waals surface area contributed by atoms with Gasteiger partial charge < -0.3 is 15.5 Å². The highest BCUT2D eigenvalue weighted by molar-refractivity contribution is 5.79. The van der Waals surface area contributed by atoms with Gasteiger partial charge in [-0.25, -0.2) is 4.99 Å². The Balaban J connectivity index is 2.42. The Morgan fingerprint density at radius 3 is 2.42 bits per heavy atom. The van der Waals surface area contributed by atoms with Crippen LogP contribution in [0.25, 0.3) is 0 Å². The first-order valence-electron chi connectivity index (χ1n) is 9.41. The van der Waals surface area contributed by atoms with E-state index in [-0.39, 0.29) is 0 Å². The van der Waals surface area contributed by atoms with Gasteiger partial charge in [-0.1, -0.05) is 37.6 Å². The Hall–Kier alpha value is -1.55. The second kappa shape index (κ2) is 11.9. The van der Waals surface area contributed by atoms with Crippen molar-refractivity contribution in [1.29, 1.82) is 0 Å². The quantitative estimate of drug-likeness (QED) is 0.391. The molecule has 0 aliphatic rings. The maximum atomic E-state index is 4.72. The highest BCUT2D eigenvalue weighted by atomic mass is 15.2. The molecule has 4 heteroatoms. The van der Waals surface area contributed by atoms with Crippen molar-refractivity contribution in [2.45, 2.75) is 54.0 Å². The SMILES string of the molecule is CCNC(=NCc1ccc(C)cc1C)NCCCCN(CC)CC. The molecule has 1 aromatic carbocycles. The summed E-state index contributed by atoms with van der Waals surface area (Å²) in [6.45, 7) is 16.9.